The maximum absolute atomic E-state index is 11.9. The van der Waals surface area contributed by atoms with Crippen molar-refractivity contribution in [2.24, 2.45) is 11.5 Å². The van der Waals surface area contributed by atoms with E-state index in [1.165, 1.54) is 0 Å². The minimum absolute atomic E-state index is 0.0315. The zero-order chi connectivity index (χ0) is 23.8. The Hall–Kier alpha value is -3.87. The van der Waals surface area contributed by atoms with Crippen LogP contribution in [0.25, 0.3) is 0 Å². The number of unbranched alkanes of at least 4 members (excludes halogenated alkanes) is 1. The van der Waals surface area contributed by atoms with E-state index in [1.54, 1.807) is 24.3 Å². The number of nitrogens with one attached hydrogen (secondary N) is 4. The minimum Gasteiger partial charge on any atom is -0.445 e. The van der Waals surface area contributed by atoms with Crippen LogP contribution in [0.3, 0.4) is 0 Å². The number of urea groups is 1. The molecule has 13 nitrogen and oxygen atoms in total. The van der Waals surface area contributed by atoms with Crippen LogP contribution in [0.4, 0.5) is 15.3 Å². The topological polar surface area (TPSA) is 204 Å². The molecular formula is C19H28N6O7. The molecule has 0 heterocycles. The van der Waals surface area contributed by atoms with Gasteiger partial charge < -0.3 is 42.2 Å². The van der Waals surface area contributed by atoms with Crippen LogP contribution in [0.15, 0.2) is 24.3 Å². The predicted molar refractivity (Wildman–Crippen MR) is 113 cm³/mol. The molecule has 0 spiro atoms. The summed E-state index contributed by atoms with van der Waals surface area (Å²) in [4.78, 5) is 56.0. The second-order valence-corrected chi connectivity index (χ2v) is 6.48. The third-order valence-corrected chi connectivity index (χ3v) is 3.75. The van der Waals surface area contributed by atoms with Crippen molar-refractivity contribution < 1.29 is 33.4 Å². The van der Waals surface area contributed by atoms with E-state index >= 15 is 0 Å². The normalized spacial score (nSPS) is 10.0. The van der Waals surface area contributed by atoms with E-state index in [4.69, 9.17) is 20.9 Å². The molecule has 0 aliphatic heterocycles. The third-order valence-electron chi connectivity index (χ3n) is 3.75. The molecule has 0 unspecified atom stereocenters. The van der Waals surface area contributed by atoms with Gasteiger partial charge in [-0.15, -0.1) is 0 Å². The number of ether oxygens (including phenoxy) is 2. The van der Waals surface area contributed by atoms with Crippen LogP contribution in [0.2, 0.25) is 0 Å². The second-order valence-electron chi connectivity index (χ2n) is 6.48. The number of hydrogen-bond acceptors (Lipinski definition) is 7. The first-order chi connectivity index (χ1) is 15.3. The Kier molecular flexibility index (Phi) is 12.3. The first-order valence-corrected chi connectivity index (χ1v) is 9.71. The number of benzene rings is 1. The lowest BCUT2D eigenvalue weighted by atomic mass is 10.2. The number of amides is 6. The number of carbonyl (C=O) groups is 5. The van der Waals surface area contributed by atoms with Gasteiger partial charge in [-0.2, -0.15) is 0 Å². The molecule has 0 aliphatic rings. The van der Waals surface area contributed by atoms with Crippen molar-refractivity contribution in [2.75, 3.05) is 31.7 Å². The van der Waals surface area contributed by atoms with Crippen LogP contribution < -0.4 is 32.7 Å². The molecule has 0 atom stereocenters. The fourth-order valence-corrected chi connectivity index (χ4v) is 2.23. The Bertz CT molecular complexity index is 785. The number of anilines is 1. The number of alkyl carbamates (subject to hydrolysis) is 1. The summed E-state index contributed by atoms with van der Waals surface area (Å²) < 4.78 is 9.75. The van der Waals surface area contributed by atoms with Crippen LogP contribution in [0, 0.1) is 0 Å². The standard InChI is InChI=1S/C19H28N6O7/c20-15(26)11-31-12-24-17(28)9-23-19(30)32-10-13-4-6-14(7-5-13)25-16(27)3-1-2-8-22-18(21)29/h4-7H,1-3,8-12H2,(H2,20,26)(H,23,30)(H,24,28)(H,25,27)(H3,21,22,29). The lowest BCUT2D eigenvalue weighted by molar-refractivity contribution is -0.126. The Labute approximate surface area is 184 Å². The van der Waals surface area contributed by atoms with Gasteiger partial charge >= 0.3 is 12.1 Å². The van der Waals surface area contributed by atoms with Crippen molar-refractivity contribution in [2.45, 2.75) is 25.9 Å². The van der Waals surface area contributed by atoms with E-state index in [-0.39, 0.29) is 32.4 Å². The molecule has 0 saturated heterocycles. The highest BCUT2D eigenvalue weighted by Gasteiger charge is 2.07. The Morgan fingerprint density at radius 2 is 1.59 bits per heavy atom. The zero-order valence-electron chi connectivity index (χ0n) is 17.5. The van der Waals surface area contributed by atoms with Crippen molar-refractivity contribution in [3.05, 3.63) is 29.8 Å². The summed E-state index contributed by atoms with van der Waals surface area (Å²) in [5, 5.41) is 9.78. The number of carbonyl (C=O) groups excluding carboxylic acids is 5. The lowest BCUT2D eigenvalue weighted by Gasteiger charge is -2.09. The molecule has 6 amide bonds. The largest absolute Gasteiger partial charge is 0.445 e. The summed E-state index contributed by atoms with van der Waals surface area (Å²) >= 11 is 0. The van der Waals surface area contributed by atoms with Crippen molar-refractivity contribution in [1.82, 2.24) is 16.0 Å². The number of nitrogens with two attached hydrogens (primary N) is 2. The second kappa shape index (κ2) is 15.0. The summed E-state index contributed by atoms with van der Waals surface area (Å²) in [5.74, 6) is -1.36. The van der Waals surface area contributed by atoms with E-state index in [2.05, 4.69) is 21.3 Å². The molecule has 0 aromatic heterocycles. The summed E-state index contributed by atoms with van der Waals surface area (Å²) in [6.45, 7) is -0.484. The summed E-state index contributed by atoms with van der Waals surface area (Å²) in [6, 6.07) is 6.11. The van der Waals surface area contributed by atoms with Crippen molar-refractivity contribution >= 4 is 35.5 Å². The molecule has 0 bridgehead atoms. The third kappa shape index (κ3) is 13.4. The Balaban J connectivity index is 2.20. The fourth-order valence-electron chi connectivity index (χ4n) is 2.23. The van der Waals surface area contributed by atoms with Gasteiger partial charge in [0.05, 0.1) is 0 Å². The van der Waals surface area contributed by atoms with Crippen LogP contribution in [-0.4, -0.2) is 56.3 Å². The first-order valence-electron chi connectivity index (χ1n) is 9.71. The van der Waals surface area contributed by atoms with Gasteiger partial charge in [-0.05, 0) is 30.5 Å². The molecule has 0 saturated carbocycles. The fraction of sp³-hybridized carbons (Fsp3) is 0.421. The van der Waals surface area contributed by atoms with Gasteiger partial charge in [-0.3, -0.25) is 14.4 Å². The van der Waals surface area contributed by atoms with Crippen molar-refractivity contribution in [1.29, 1.82) is 0 Å². The van der Waals surface area contributed by atoms with Crippen LogP contribution in [0.1, 0.15) is 24.8 Å². The van der Waals surface area contributed by atoms with E-state index in [0.29, 0.717) is 37.1 Å². The molecule has 32 heavy (non-hydrogen) atoms. The highest BCUT2D eigenvalue weighted by Crippen LogP contribution is 2.11. The van der Waals surface area contributed by atoms with Gasteiger partial charge in [-0.1, -0.05) is 12.1 Å². The van der Waals surface area contributed by atoms with Gasteiger partial charge in [0, 0.05) is 18.7 Å². The van der Waals surface area contributed by atoms with Crippen LogP contribution >= 0.6 is 0 Å². The number of hydrogen-bond donors (Lipinski definition) is 6. The van der Waals surface area contributed by atoms with E-state index in [0.717, 1.165) is 0 Å². The molecular weight excluding hydrogens is 424 g/mol. The molecule has 13 heteroatoms. The Morgan fingerprint density at radius 3 is 2.25 bits per heavy atom. The van der Waals surface area contributed by atoms with Gasteiger partial charge in [0.15, 0.2) is 0 Å². The highest BCUT2D eigenvalue weighted by atomic mass is 16.5. The quantitative estimate of drug-likeness (QED) is 0.157. The minimum atomic E-state index is -0.790. The van der Waals surface area contributed by atoms with Crippen LogP contribution in [0.5, 0.6) is 0 Å². The molecule has 1 aromatic carbocycles. The predicted octanol–water partition coefficient (Wildman–Crippen LogP) is -0.734. The SMILES string of the molecule is NC(=O)COCNC(=O)CNC(=O)OCc1ccc(NC(=O)CCCCNC(N)=O)cc1. The monoisotopic (exact) mass is 452 g/mol. The molecule has 1 rings (SSSR count). The highest BCUT2D eigenvalue weighted by molar-refractivity contribution is 5.90. The smallest absolute Gasteiger partial charge is 0.407 e. The lowest BCUT2D eigenvalue weighted by Crippen LogP contribution is -2.38. The van der Waals surface area contributed by atoms with Crippen LogP contribution in [-0.2, 0) is 30.5 Å². The molecule has 0 aliphatic carbocycles. The molecule has 1 aromatic rings. The maximum Gasteiger partial charge on any atom is 0.407 e. The summed E-state index contributed by atoms with van der Waals surface area (Å²) in [6.07, 6.45) is 0.753. The summed E-state index contributed by atoms with van der Waals surface area (Å²) in [5.41, 5.74) is 11.1. The average molecular weight is 452 g/mol. The van der Waals surface area contributed by atoms with Gasteiger partial charge in [0.2, 0.25) is 17.7 Å². The van der Waals surface area contributed by atoms with Gasteiger partial charge in [-0.25, -0.2) is 9.59 Å². The van der Waals surface area contributed by atoms with Gasteiger partial charge in [0.25, 0.3) is 0 Å². The van der Waals surface area contributed by atoms with Crippen molar-refractivity contribution in [3.8, 4) is 0 Å². The van der Waals surface area contributed by atoms with E-state index in [1.807, 2.05) is 0 Å². The van der Waals surface area contributed by atoms with Crippen molar-refractivity contribution in [3.63, 3.8) is 0 Å². The maximum atomic E-state index is 11.9. The number of rotatable bonds is 14. The molecule has 0 fully saturated rings. The molecule has 8 N–H and O–H groups in total. The zero-order valence-corrected chi connectivity index (χ0v) is 17.5. The molecule has 0 radical (unpaired) electrons. The average Bonchev–Trinajstić information content (AvgIpc) is 2.74. The molecule has 176 valence electrons. The summed E-state index contributed by atoms with van der Waals surface area (Å²) in [7, 11) is 0. The first kappa shape index (κ1) is 26.2. The number of primary amides is 2. The van der Waals surface area contributed by atoms with Gasteiger partial charge in [0.1, 0.15) is 26.5 Å². The Morgan fingerprint density at radius 1 is 0.875 bits per heavy atom. The van der Waals surface area contributed by atoms with E-state index in [9.17, 15) is 24.0 Å². The van der Waals surface area contributed by atoms with E-state index < -0.39 is 23.9 Å².